The number of hydrogen-bond acceptors (Lipinski definition) is 3. The zero-order valence-corrected chi connectivity index (χ0v) is 17.0. The van der Waals surface area contributed by atoms with Crippen LogP contribution < -0.4 is 5.32 Å². The van der Waals surface area contributed by atoms with Gasteiger partial charge in [0.15, 0.2) is 0 Å². The SMILES string of the molecule is Cc1cccc(-c2nn(-c3ccc(F)cc3)cc2C(=O)NCCCOC(C)C)c1. The molecular formula is C23H26FN3O2. The van der Waals surface area contributed by atoms with Crippen LogP contribution in [0.15, 0.2) is 54.7 Å². The Bertz CT molecular complexity index is 965. The molecule has 2 aromatic carbocycles. The average molecular weight is 395 g/mol. The van der Waals surface area contributed by atoms with Gasteiger partial charge in [-0.05, 0) is 57.5 Å². The van der Waals surface area contributed by atoms with Gasteiger partial charge in [0.25, 0.3) is 5.91 Å². The fourth-order valence-electron chi connectivity index (χ4n) is 2.96. The van der Waals surface area contributed by atoms with Crippen LogP contribution in [0.25, 0.3) is 16.9 Å². The maximum Gasteiger partial charge on any atom is 0.255 e. The van der Waals surface area contributed by atoms with Gasteiger partial charge in [0, 0.05) is 24.9 Å². The summed E-state index contributed by atoms with van der Waals surface area (Å²) in [5.41, 5.74) is 3.69. The predicted molar refractivity (Wildman–Crippen MR) is 112 cm³/mol. The number of carbonyl (C=O) groups excluding carboxylic acids is 1. The molecule has 0 aliphatic heterocycles. The van der Waals surface area contributed by atoms with Gasteiger partial charge in [-0.25, -0.2) is 9.07 Å². The van der Waals surface area contributed by atoms with E-state index < -0.39 is 0 Å². The van der Waals surface area contributed by atoms with Crippen LogP contribution in [-0.2, 0) is 4.74 Å². The van der Waals surface area contributed by atoms with E-state index in [9.17, 15) is 9.18 Å². The molecule has 0 aliphatic carbocycles. The first-order chi connectivity index (χ1) is 13.9. The van der Waals surface area contributed by atoms with E-state index in [4.69, 9.17) is 4.74 Å². The van der Waals surface area contributed by atoms with E-state index in [2.05, 4.69) is 10.4 Å². The summed E-state index contributed by atoms with van der Waals surface area (Å²) in [7, 11) is 0. The monoisotopic (exact) mass is 395 g/mol. The van der Waals surface area contributed by atoms with Crippen molar-refractivity contribution in [3.05, 3.63) is 71.7 Å². The molecule has 6 heteroatoms. The minimum atomic E-state index is -0.318. The number of nitrogens with one attached hydrogen (secondary N) is 1. The van der Waals surface area contributed by atoms with Crippen molar-refractivity contribution in [1.82, 2.24) is 15.1 Å². The molecule has 0 radical (unpaired) electrons. The largest absolute Gasteiger partial charge is 0.379 e. The van der Waals surface area contributed by atoms with Crippen molar-refractivity contribution >= 4 is 5.91 Å². The lowest BCUT2D eigenvalue weighted by atomic mass is 10.1. The lowest BCUT2D eigenvalue weighted by molar-refractivity contribution is 0.0757. The molecule has 0 unspecified atom stereocenters. The summed E-state index contributed by atoms with van der Waals surface area (Å²) >= 11 is 0. The molecule has 0 saturated heterocycles. The number of nitrogens with zero attached hydrogens (tertiary/aromatic N) is 2. The number of aryl methyl sites for hydroxylation is 1. The molecule has 152 valence electrons. The maximum absolute atomic E-state index is 13.3. The van der Waals surface area contributed by atoms with Crippen LogP contribution in [0.2, 0.25) is 0 Å². The Balaban J connectivity index is 1.85. The summed E-state index contributed by atoms with van der Waals surface area (Å²) in [6, 6.07) is 13.9. The quantitative estimate of drug-likeness (QED) is 0.570. The number of amides is 1. The normalized spacial score (nSPS) is 11.1. The number of halogens is 1. The van der Waals surface area contributed by atoms with Crippen molar-refractivity contribution in [3.8, 4) is 16.9 Å². The highest BCUT2D eigenvalue weighted by Crippen LogP contribution is 2.24. The Kier molecular flexibility index (Phi) is 6.77. The summed E-state index contributed by atoms with van der Waals surface area (Å²) in [4.78, 5) is 12.9. The van der Waals surface area contributed by atoms with Crippen LogP contribution in [-0.4, -0.2) is 34.9 Å². The Morgan fingerprint density at radius 3 is 2.66 bits per heavy atom. The molecule has 0 atom stereocenters. The lowest BCUT2D eigenvalue weighted by Gasteiger charge is -2.08. The maximum atomic E-state index is 13.3. The highest BCUT2D eigenvalue weighted by atomic mass is 19.1. The number of hydrogen-bond donors (Lipinski definition) is 1. The molecule has 0 saturated carbocycles. The molecule has 1 N–H and O–H groups in total. The molecule has 29 heavy (non-hydrogen) atoms. The van der Waals surface area contributed by atoms with Gasteiger partial charge in [0.05, 0.1) is 17.4 Å². The molecular weight excluding hydrogens is 369 g/mol. The second kappa shape index (κ2) is 9.47. The van der Waals surface area contributed by atoms with Crippen LogP contribution in [0, 0.1) is 12.7 Å². The van der Waals surface area contributed by atoms with Gasteiger partial charge in [-0.2, -0.15) is 5.10 Å². The van der Waals surface area contributed by atoms with E-state index in [0.29, 0.717) is 30.1 Å². The topological polar surface area (TPSA) is 56.2 Å². The predicted octanol–water partition coefficient (Wildman–Crippen LogP) is 4.53. The molecule has 5 nitrogen and oxygen atoms in total. The van der Waals surface area contributed by atoms with E-state index in [1.54, 1.807) is 23.0 Å². The van der Waals surface area contributed by atoms with E-state index in [0.717, 1.165) is 17.5 Å². The first kappa shape index (κ1) is 20.7. The van der Waals surface area contributed by atoms with E-state index in [-0.39, 0.29) is 17.8 Å². The van der Waals surface area contributed by atoms with Gasteiger partial charge in [0.2, 0.25) is 0 Å². The fourth-order valence-corrected chi connectivity index (χ4v) is 2.96. The minimum Gasteiger partial charge on any atom is -0.379 e. The molecule has 1 heterocycles. The van der Waals surface area contributed by atoms with Crippen LogP contribution in [0.1, 0.15) is 36.2 Å². The third-order valence-electron chi connectivity index (χ3n) is 4.40. The first-order valence-electron chi connectivity index (χ1n) is 9.76. The minimum absolute atomic E-state index is 0.174. The number of ether oxygens (including phenoxy) is 1. The summed E-state index contributed by atoms with van der Waals surface area (Å²) in [5, 5.41) is 7.56. The third kappa shape index (κ3) is 5.51. The van der Waals surface area contributed by atoms with Crippen molar-refractivity contribution in [2.45, 2.75) is 33.3 Å². The molecule has 0 aliphatic rings. The van der Waals surface area contributed by atoms with Crippen molar-refractivity contribution < 1.29 is 13.9 Å². The molecule has 0 bridgehead atoms. The summed E-state index contributed by atoms with van der Waals surface area (Å²) in [6.07, 6.45) is 2.59. The number of carbonyl (C=O) groups is 1. The molecule has 0 spiro atoms. The van der Waals surface area contributed by atoms with Gasteiger partial charge >= 0.3 is 0 Å². The Labute approximate surface area is 170 Å². The van der Waals surface area contributed by atoms with Crippen molar-refractivity contribution in [3.63, 3.8) is 0 Å². The molecule has 1 amide bonds. The Hall–Kier alpha value is -2.99. The zero-order valence-electron chi connectivity index (χ0n) is 17.0. The molecule has 1 aromatic heterocycles. The van der Waals surface area contributed by atoms with Crippen molar-refractivity contribution in [2.75, 3.05) is 13.2 Å². The van der Waals surface area contributed by atoms with Gasteiger partial charge in [-0.3, -0.25) is 4.79 Å². The molecule has 3 rings (SSSR count). The summed E-state index contributed by atoms with van der Waals surface area (Å²) in [5.74, 6) is -0.513. The second-order valence-corrected chi connectivity index (χ2v) is 7.21. The fraction of sp³-hybridized carbons (Fsp3) is 0.304. The lowest BCUT2D eigenvalue weighted by Crippen LogP contribution is -2.25. The summed E-state index contributed by atoms with van der Waals surface area (Å²) < 4.78 is 20.4. The third-order valence-corrected chi connectivity index (χ3v) is 4.40. The second-order valence-electron chi connectivity index (χ2n) is 7.21. The van der Waals surface area contributed by atoms with E-state index >= 15 is 0 Å². The summed E-state index contributed by atoms with van der Waals surface area (Å²) in [6.45, 7) is 7.07. The zero-order chi connectivity index (χ0) is 20.8. The van der Waals surface area contributed by atoms with Crippen molar-refractivity contribution in [2.24, 2.45) is 0 Å². The van der Waals surface area contributed by atoms with Gasteiger partial charge in [0.1, 0.15) is 11.5 Å². The van der Waals surface area contributed by atoms with Gasteiger partial charge in [-0.1, -0.05) is 23.8 Å². The van der Waals surface area contributed by atoms with Gasteiger partial charge < -0.3 is 10.1 Å². The number of benzene rings is 2. The van der Waals surface area contributed by atoms with Gasteiger partial charge in [-0.15, -0.1) is 0 Å². The van der Waals surface area contributed by atoms with E-state index in [1.165, 1.54) is 12.1 Å². The standard InChI is InChI=1S/C23H26FN3O2/c1-16(2)29-13-5-12-25-23(28)21-15-27(20-10-8-19(24)9-11-20)26-22(21)18-7-4-6-17(3)14-18/h4,6-11,14-16H,5,12-13H2,1-3H3,(H,25,28). The molecule has 3 aromatic rings. The van der Waals surface area contributed by atoms with Crippen LogP contribution in [0.5, 0.6) is 0 Å². The average Bonchev–Trinajstić information content (AvgIpc) is 3.13. The molecule has 0 fully saturated rings. The number of rotatable bonds is 8. The van der Waals surface area contributed by atoms with Crippen LogP contribution in [0.3, 0.4) is 0 Å². The van der Waals surface area contributed by atoms with Crippen LogP contribution in [0.4, 0.5) is 4.39 Å². The van der Waals surface area contributed by atoms with Crippen LogP contribution >= 0.6 is 0 Å². The highest BCUT2D eigenvalue weighted by Gasteiger charge is 2.18. The smallest absolute Gasteiger partial charge is 0.255 e. The van der Waals surface area contributed by atoms with E-state index in [1.807, 2.05) is 45.0 Å². The van der Waals surface area contributed by atoms with Crippen molar-refractivity contribution in [1.29, 1.82) is 0 Å². The first-order valence-corrected chi connectivity index (χ1v) is 9.76. The Morgan fingerprint density at radius 1 is 1.21 bits per heavy atom. The number of aromatic nitrogens is 2. The highest BCUT2D eigenvalue weighted by molar-refractivity contribution is 6.00. The Morgan fingerprint density at radius 2 is 1.97 bits per heavy atom.